The molecule has 74 valence electrons. The molecule has 0 bridgehead atoms. The van der Waals surface area contributed by atoms with E-state index < -0.39 is 7.12 Å². The highest BCUT2D eigenvalue weighted by Gasteiger charge is 2.15. The van der Waals surface area contributed by atoms with Gasteiger partial charge in [-0.2, -0.15) is 0 Å². The summed E-state index contributed by atoms with van der Waals surface area (Å²) in [6, 6.07) is 3.24. The third kappa shape index (κ3) is 2.03. The maximum absolute atomic E-state index is 11.2. The Morgan fingerprint density at radius 1 is 1.21 bits per heavy atom. The number of carbonyl (C=O) groups excluding carboxylic acids is 1. The number of Topliss-reactive ketones (excluding diaryl/α,β-unsaturated/α-hetero) is 1. The fourth-order valence-electron chi connectivity index (χ4n) is 1.70. The molecule has 0 saturated heterocycles. The fourth-order valence-corrected chi connectivity index (χ4v) is 1.70. The second kappa shape index (κ2) is 3.94. The lowest BCUT2D eigenvalue weighted by molar-refractivity contribution is 0.101. The molecule has 0 radical (unpaired) electrons. The van der Waals surface area contributed by atoms with Gasteiger partial charge < -0.3 is 10.0 Å². The molecule has 3 nitrogen and oxygen atoms in total. The van der Waals surface area contributed by atoms with Gasteiger partial charge in [-0.1, -0.05) is 12.1 Å². The molecular formula is C10H13BO3. The molecule has 4 heteroatoms. The monoisotopic (exact) mass is 192 g/mol. The van der Waals surface area contributed by atoms with E-state index in [0.717, 1.165) is 11.1 Å². The van der Waals surface area contributed by atoms with Gasteiger partial charge in [0.1, 0.15) is 0 Å². The first-order chi connectivity index (χ1) is 6.43. The van der Waals surface area contributed by atoms with Crippen LogP contribution in [0.1, 0.15) is 28.4 Å². The summed E-state index contributed by atoms with van der Waals surface area (Å²) >= 11 is 0. The highest BCUT2D eigenvalue weighted by molar-refractivity contribution is 6.58. The Hall–Kier alpha value is -1.13. The van der Waals surface area contributed by atoms with Crippen molar-refractivity contribution in [1.82, 2.24) is 0 Å². The van der Waals surface area contributed by atoms with E-state index in [0.29, 0.717) is 11.0 Å². The molecule has 0 amide bonds. The largest absolute Gasteiger partial charge is 0.488 e. The third-order valence-electron chi connectivity index (χ3n) is 2.21. The SMILES string of the molecule is CC(=O)c1c(C)cc(B(O)O)cc1C. The first-order valence-corrected chi connectivity index (χ1v) is 4.41. The normalized spacial score (nSPS) is 10.1. The highest BCUT2D eigenvalue weighted by atomic mass is 16.4. The molecule has 0 aromatic heterocycles. The lowest BCUT2D eigenvalue weighted by atomic mass is 9.77. The van der Waals surface area contributed by atoms with Crippen LogP contribution in [0.5, 0.6) is 0 Å². The van der Waals surface area contributed by atoms with E-state index in [4.69, 9.17) is 10.0 Å². The summed E-state index contributed by atoms with van der Waals surface area (Å²) in [6.07, 6.45) is 0. The number of hydrogen-bond acceptors (Lipinski definition) is 3. The van der Waals surface area contributed by atoms with Crippen LogP contribution in [-0.4, -0.2) is 22.9 Å². The summed E-state index contributed by atoms with van der Waals surface area (Å²) in [7, 11) is -1.48. The quantitative estimate of drug-likeness (QED) is 0.519. The van der Waals surface area contributed by atoms with Crippen LogP contribution in [0.3, 0.4) is 0 Å². The van der Waals surface area contributed by atoms with Crippen LogP contribution in [0.15, 0.2) is 12.1 Å². The zero-order chi connectivity index (χ0) is 10.9. The van der Waals surface area contributed by atoms with Crippen LogP contribution in [-0.2, 0) is 0 Å². The van der Waals surface area contributed by atoms with Gasteiger partial charge in [-0.05, 0) is 37.4 Å². The number of benzene rings is 1. The van der Waals surface area contributed by atoms with Gasteiger partial charge in [-0.15, -0.1) is 0 Å². The van der Waals surface area contributed by atoms with E-state index >= 15 is 0 Å². The Morgan fingerprint density at radius 3 is 1.93 bits per heavy atom. The van der Waals surface area contributed by atoms with Crippen molar-refractivity contribution >= 4 is 18.4 Å². The smallest absolute Gasteiger partial charge is 0.423 e. The molecule has 0 saturated carbocycles. The molecule has 0 aliphatic rings. The van der Waals surface area contributed by atoms with Crippen molar-refractivity contribution in [3.8, 4) is 0 Å². The Kier molecular flexibility index (Phi) is 3.08. The van der Waals surface area contributed by atoms with Crippen LogP contribution in [0, 0.1) is 13.8 Å². The molecule has 14 heavy (non-hydrogen) atoms. The van der Waals surface area contributed by atoms with Gasteiger partial charge in [0.2, 0.25) is 0 Å². The molecule has 0 fully saturated rings. The minimum Gasteiger partial charge on any atom is -0.423 e. The second-order valence-electron chi connectivity index (χ2n) is 3.46. The van der Waals surface area contributed by atoms with Gasteiger partial charge in [0, 0.05) is 5.56 Å². The zero-order valence-electron chi connectivity index (χ0n) is 8.53. The third-order valence-corrected chi connectivity index (χ3v) is 2.21. The van der Waals surface area contributed by atoms with Crippen molar-refractivity contribution in [2.45, 2.75) is 20.8 Å². The predicted molar refractivity (Wildman–Crippen MR) is 55.7 cm³/mol. The van der Waals surface area contributed by atoms with Crippen LogP contribution in [0.2, 0.25) is 0 Å². The fraction of sp³-hybridized carbons (Fsp3) is 0.300. The molecule has 2 N–H and O–H groups in total. The number of aryl methyl sites for hydroxylation is 2. The molecule has 0 heterocycles. The van der Waals surface area contributed by atoms with Gasteiger partial charge in [-0.25, -0.2) is 0 Å². The van der Waals surface area contributed by atoms with Crippen LogP contribution in [0.4, 0.5) is 0 Å². The van der Waals surface area contributed by atoms with Crippen molar-refractivity contribution < 1.29 is 14.8 Å². The maximum atomic E-state index is 11.2. The molecule has 1 aromatic carbocycles. The molecule has 0 unspecified atom stereocenters. The Bertz CT molecular complexity index is 349. The van der Waals surface area contributed by atoms with E-state index in [2.05, 4.69) is 0 Å². The topological polar surface area (TPSA) is 57.5 Å². The van der Waals surface area contributed by atoms with Crippen molar-refractivity contribution in [3.63, 3.8) is 0 Å². The molecule has 1 rings (SSSR count). The Balaban J connectivity index is 3.32. The van der Waals surface area contributed by atoms with E-state index in [1.165, 1.54) is 6.92 Å². The number of hydrogen-bond donors (Lipinski definition) is 2. The Labute approximate surface area is 83.5 Å². The van der Waals surface area contributed by atoms with Crippen molar-refractivity contribution in [3.05, 3.63) is 28.8 Å². The average Bonchev–Trinajstić information content (AvgIpc) is 2.01. The van der Waals surface area contributed by atoms with Gasteiger partial charge in [-0.3, -0.25) is 4.79 Å². The summed E-state index contributed by atoms with van der Waals surface area (Å²) in [5.74, 6) is -0.000945. The average molecular weight is 192 g/mol. The standard InChI is InChI=1S/C10H13BO3/c1-6-4-9(11(13)14)5-7(2)10(6)8(3)12/h4-5,13-14H,1-3H3. The first-order valence-electron chi connectivity index (χ1n) is 4.41. The summed E-state index contributed by atoms with van der Waals surface area (Å²) in [5.41, 5.74) is 2.64. The van der Waals surface area contributed by atoms with E-state index in [9.17, 15) is 4.79 Å². The van der Waals surface area contributed by atoms with Crippen molar-refractivity contribution in [1.29, 1.82) is 0 Å². The summed E-state index contributed by atoms with van der Waals surface area (Å²) in [5, 5.41) is 17.9. The van der Waals surface area contributed by atoms with E-state index in [1.807, 2.05) is 0 Å². The minimum absolute atomic E-state index is 0.000945. The summed E-state index contributed by atoms with van der Waals surface area (Å²) in [6.45, 7) is 5.08. The highest BCUT2D eigenvalue weighted by Crippen LogP contribution is 2.12. The van der Waals surface area contributed by atoms with Gasteiger partial charge >= 0.3 is 7.12 Å². The predicted octanol–water partition coefficient (Wildman–Crippen LogP) is 0.186. The van der Waals surface area contributed by atoms with Crippen LogP contribution < -0.4 is 5.46 Å². The lowest BCUT2D eigenvalue weighted by Gasteiger charge is -2.09. The number of carbonyl (C=O) groups is 1. The molecular weight excluding hydrogens is 179 g/mol. The number of ketones is 1. The maximum Gasteiger partial charge on any atom is 0.488 e. The molecule has 0 aliphatic heterocycles. The van der Waals surface area contributed by atoms with E-state index in [-0.39, 0.29) is 5.78 Å². The van der Waals surface area contributed by atoms with Crippen LogP contribution >= 0.6 is 0 Å². The molecule has 0 atom stereocenters. The lowest BCUT2D eigenvalue weighted by Crippen LogP contribution is -2.30. The summed E-state index contributed by atoms with van der Waals surface area (Å²) < 4.78 is 0. The molecule has 0 spiro atoms. The van der Waals surface area contributed by atoms with Gasteiger partial charge in [0.05, 0.1) is 0 Å². The van der Waals surface area contributed by atoms with Gasteiger partial charge in [0.15, 0.2) is 5.78 Å². The summed E-state index contributed by atoms with van der Waals surface area (Å²) in [4.78, 5) is 11.2. The molecule has 1 aromatic rings. The van der Waals surface area contributed by atoms with Crippen molar-refractivity contribution in [2.75, 3.05) is 0 Å². The number of rotatable bonds is 2. The van der Waals surface area contributed by atoms with Crippen molar-refractivity contribution in [2.24, 2.45) is 0 Å². The van der Waals surface area contributed by atoms with Crippen LogP contribution in [0.25, 0.3) is 0 Å². The molecule has 0 aliphatic carbocycles. The van der Waals surface area contributed by atoms with Gasteiger partial charge in [0.25, 0.3) is 0 Å². The zero-order valence-corrected chi connectivity index (χ0v) is 8.53. The Morgan fingerprint density at radius 2 is 1.64 bits per heavy atom. The second-order valence-corrected chi connectivity index (χ2v) is 3.46. The minimum atomic E-state index is -1.48. The first kappa shape index (κ1) is 11.0. The van der Waals surface area contributed by atoms with E-state index in [1.54, 1.807) is 26.0 Å².